The number of hydrogen-bond acceptors (Lipinski definition) is 9. The summed E-state index contributed by atoms with van der Waals surface area (Å²) < 4.78 is 13.0. The molecule has 0 aliphatic carbocycles. The van der Waals surface area contributed by atoms with Crippen LogP contribution in [0.15, 0.2) is 36.8 Å². The fourth-order valence-electron chi connectivity index (χ4n) is 4.68. The molecule has 1 saturated heterocycles. The number of likely N-dealkylation sites (tertiary alicyclic amines) is 1. The highest BCUT2D eigenvalue weighted by Crippen LogP contribution is 2.29. The SMILES string of the molecule is CCCCCC[C@H](C(=O)N1C[C@@H](Oc2ccc(Cc3nn[nH]n3)cc2)C[C@H]1C(=O)OC)n1cnc(N)c1. The number of aromatic amines is 1. The summed E-state index contributed by atoms with van der Waals surface area (Å²) in [6.07, 6.45) is 8.52. The van der Waals surface area contributed by atoms with Crippen LogP contribution in [-0.4, -0.2) is 72.8 Å². The molecule has 3 N–H and O–H groups in total. The molecule has 0 spiro atoms. The lowest BCUT2D eigenvalue weighted by molar-refractivity contribution is -0.152. The van der Waals surface area contributed by atoms with Crippen molar-refractivity contribution in [1.82, 2.24) is 35.1 Å². The minimum absolute atomic E-state index is 0.161. The van der Waals surface area contributed by atoms with Gasteiger partial charge in [-0.1, -0.05) is 50.0 Å². The Morgan fingerprint density at radius 2 is 2.03 bits per heavy atom. The van der Waals surface area contributed by atoms with Gasteiger partial charge in [0.2, 0.25) is 5.91 Å². The van der Waals surface area contributed by atoms with Crippen LogP contribution < -0.4 is 10.5 Å². The molecule has 0 unspecified atom stereocenters. The summed E-state index contributed by atoms with van der Waals surface area (Å²) in [4.78, 5) is 32.1. The van der Waals surface area contributed by atoms with E-state index in [9.17, 15) is 9.59 Å². The van der Waals surface area contributed by atoms with Gasteiger partial charge in [0, 0.05) is 19.0 Å². The molecule has 1 aliphatic heterocycles. The highest BCUT2D eigenvalue weighted by atomic mass is 16.5. The van der Waals surface area contributed by atoms with E-state index in [0.29, 0.717) is 36.7 Å². The molecule has 4 rings (SSSR count). The molecule has 2 aromatic heterocycles. The molecule has 198 valence electrons. The highest BCUT2D eigenvalue weighted by Gasteiger charge is 2.43. The van der Waals surface area contributed by atoms with Crippen LogP contribution >= 0.6 is 0 Å². The molecule has 0 radical (unpaired) electrons. The Hall–Kier alpha value is -3.96. The molecule has 37 heavy (non-hydrogen) atoms. The Balaban J connectivity index is 1.46. The summed E-state index contributed by atoms with van der Waals surface area (Å²) in [6.45, 7) is 2.42. The van der Waals surface area contributed by atoms with Crippen LogP contribution in [0.4, 0.5) is 5.82 Å². The van der Waals surface area contributed by atoms with Crippen LogP contribution in [0.25, 0.3) is 0 Å². The molecule has 3 aromatic rings. The first-order valence-electron chi connectivity index (χ1n) is 12.6. The number of carbonyl (C=O) groups excluding carboxylic acids is 2. The maximum absolute atomic E-state index is 13.8. The fourth-order valence-corrected chi connectivity index (χ4v) is 4.68. The van der Waals surface area contributed by atoms with Gasteiger partial charge in [-0.15, -0.1) is 10.2 Å². The molecule has 1 aromatic carbocycles. The normalized spacial score (nSPS) is 18.1. The van der Waals surface area contributed by atoms with E-state index in [1.807, 2.05) is 24.3 Å². The second kappa shape index (κ2) is 12.3. The van der Waals surface area contributed by atoms with Gasteiger partial charge in [0.15, 0.2) is 5.82 Å². The van der Waals surface area contributed by atoms with E-state index >= 15 is 0 Å². The number of ether oxygens (including phenoxy) is 2. The summed E-state index contributed by atoms with van der Waals surface area (Å²) in [5.74, 6) is 0.985. The smallest absolute Gasteiger partial charge is 0.328 e. The molecule has 3 heterocycles. The van der Waals surface area contributed by atoms with Gasteiger partial charge < -0.3 is 24.7 Å². The zero-order valence-corrected chi connectivity index (χ0v) is 21.2. The van der Waals surface area contributed by atoms with E-state index in [-0.39, 0.29) is 18.6 Å². The Labute approximate surface area is 215 Å². The number of aromatic nitrogens is 6. The van der Waals surface area contributed by atoms with Gasteiger partial charge in [-0.05, 0) is 24.1 Å². The van der Waals surface area contributed by atoms with Crippen LogP contribution in [0.3, 0.4) is 0 Å². The van der Waals surface area contributed by atoms with Crippen LogP contribution in [-0.2, 0) is 20.7 Å². The second-order valence-corrected chi connectivity index (χ2v) is 9.26. The predicted molar refractivity (Wildman–Crippen MR) is 134 cm³/mol. The quantitative estimate of drug-likeness (QED) is 0.276. The number of H-pyrrole nitrogens is 1. The number of amides is 1. The van der Waals surface area contributed by atoms with Crippen LogP contribution in [0.5, 0.6) is 5.75 Å². The van der Waals surface area contributed by atoms with Crippen molar-refractivity contribution < 1.29 is 19.1 Å². The fraction of sp³-hybridized carbons (Fsp3) is 0.520. The molecular weight excluding hydrogens is 476 g/mol. The van der Waals surface area contributed by atoms with E-state index in [2.05, 4.69) is 32.5 Å². The molecule has 1 amide bonds. The van der Waals surface area contributed by atoms with Gasteiger partial charge in [-0.25, -0.2) is 9.78 Å². The third kappa shape index (κ3) is 6.63. The van der Waals surface area contributed by atoms with Crippen molar-refractivity contribution in [2.45, 2.75) is 70.1 Å². The third-order valence-corrected chi connectivity index (χ3v) is 6.59. The van der Waals surface area contributed by atoms with E-state index < -0.39 is 18.1 Å². The minimum Gasteiger partial charge on any atom is -0.488 e. The van der Waals surface area contributed by atoms with Crippen molar-refractivity contribution in [1.29, 1.82) is 0 Å². The molecule has 1 fully saturated rings. The standard InChI is InChI=1S/C25H34N8O4/c1-3-4-5-6-7-20(32-15-22(26)27-16-32)24(34)33-14-19(13-21(33)25(35)36-2)37-18-10-8-17(9-11-18)12-23-28-30-31-29-23/h8-11,15-16,19-21H,3-7,12-14,26H2,1-2H3,(H,28,29,30,31)/t19-,20+,21-/m0/s1. The molecule has 1 aliphatic rings. The Morgan fingerprint density at radius 3 is 2.68 bits per heavy atom. The predicted octanol–water partition coefficient (Wildman–Crippen LogP) is 2.30. The number of imidazole rings is 1. The van der Waals surface area contributed by atoms with Gasteiger partial charge in [0.05, 0.1) is 20.0 Å². The van der Waals surface area contributed by atoms with E-state index in [4.69, 9.17) is 15.2 Å². The number of benzene rings is 1. The van der Waals surface area contributed by atoms with E-state index in [0.717, 1.165) is 31.2 Å². The zero-order chi connectivity index (χ0) is 26.2. The Bertz CT molecular complexity index is 1150. The van der Waals surface area contributed by atoms with Crippen molar-refractivity contribution in [3.8, 4) is 5.75 Å². The number of unbranched alkanes of at least 4 members (excludes halogenated alkanes) is 3. The van der Waals surface area contributed by atoms with Gasteiger partial charge in [-0.2, -0.15) is 5.21 Å². The topological polar surface area (TPSA) is 154 Å². The number of hydrogen-bond donors (Lipinski definition) is 2. The molecule has 3 atom stereocenters. The number of tetrazole rings is 1. The average molecular weight is 511 g/mol. The zero-order valence-electron chi connectivity index (χ0n) is 21.2. The maximum Gasteiger partial charge on any atom is 0.328 e. The number of esters is 1. The van der Waals surface area contributed by atoms with Gasteiger partial charge in [-0.3, -0.25) is 4.79 Å². The lowest BCUT2D eigenvalue weighted by Crippen LogP contribution is -2.44. The van der Waals surface area contributed by atoms with Crippen LogP contribution in [0, 0.1) is 0 Å². The number of nitrogens with two attached hydrogens (primary N) is 1. The van der Waals surface area contributed by atoms with Gasteiger partial charge in [0.1, 0.15) is 29.8 Å². The molecule has 12 heteroatoms. The van der Waals surface area contributed by atoms with Crippen molar-refractivity contribution in [3.05, 3.63) is 48.2 Å². The Kier molecular flexibility index (Phi) is 8.70. The lowest BCUT2D eigenvalue weighted by atomic mass is 10.1. The second-order valence-electron chi connectivity index (χ2n) is 9.26. The maximum atomic E-state index is 13.8. The number of anilines is 1. The Morgan fingerprint density at radius 1 is 1.22 bits per heavy atom. The summed E-state index contributed by atoms with van der Waals surface area (Å²) in [6, 6.07) is 6.35. The highest BCUT2D eigenvalue weighted by molar-refractivity contribution is 5.87. The van der Waals surface area contributed by atoms with Crippen molar-refractivity contribution >= 4 is 17.7 Å². The van der Waals surface area contributed by atoms with Crippen molar-refractivity contribution in [2.24, 2.45) is 0 Å². The number of nitrogens with zero attached hydrogens (tertiary/aromatic N) is 6. The molecular formula is C25H34N8O4. The number of carbonyl (C=O) groups is 2. The first-order chi connectivity index (χ1) is 18.0. The first-order valence-corrected chi connectivity index (χ1v) is 12.6. The van der Waals surface area contributed by atoms with E-state index in [1.54, 1.807) is 22.0 Å². The first kappa shape index (κ1) is 26.1. The summed E-state index contributed by atoms with van der Waals surface area (Å²) in [7, 11) is 1.33. The third-order valence-electron chi connectivity index (χ3n) is 6.59. The number of methoxy groups -OCH3 is 1. The largest absolute Gasteiger partial charge is 0.488 e. The summed E-state index contributed by atoms with van der Waals surface area (Å²) in [5.41, 5.74) is 6.85. The summed E-state index contributed by atoms with van der Waals surface area (Å²) >= 11 is 0. The van der Waals surface area contributed by atoms with Gasteiger partial charge in [0.25, 0.3) is 0 Å². The minimum atomic E-state index is -0.723. The molecule has 0 bridgehead atoms. The average Bonchev–Trinajstić information content (AvgIpc) is 3.66. The number of nitrogens with one attached hydrogen (secondary N) is 1. The lowest BCUT2D eigenvalue weighted by Gasteiger charge is -2.28. The number of rotatable bonds is 12. The monoisotopic (exact) mass is 510 g/mol. The number of nitrogen functional groups attached to an aromatic ring is 1. The van der Waals surface area contributed by atoms with Crippen molar-refractivity contribution in [2.75, 3.05) is 19.4 Å². The van der Waals surface area contributed by atoms with Crippen LogP contribution in [0.2, 0.25) is 0 Å². The molecule has 0 saturated carbocycles. The van der Waals surface area contributed by atoms with Crippen molar-refractivity contribution in [3.63, 3.8) is 0 Å². The van der Waals surface area contributed by atoms with Gasteiger partial charge >= 0.3 is 5.97 Å². The van der Waals surface area contributed by atoms with E-state index in [1.165, 1.54) is 7.11 Å². The summed E-state index contributed by atoms with van der Waals surface area (Å²) in [5, 5.41) is 13.9. The molecule has 12 nitrogen and oxygen atoms in total. The van der Waals surface area contributed by atoms with Crippen LogP contribution in [0.1, 0.15) is 62.9 Å².